The van der Waals surface area contributed by atoms with Crippen molar-refractivity contribution < 1.29 is 10.2 Å². The summed E-state index contributed by atoms with van der Waals surface area (Å²) in [6.07, 6.45) is 13.3. The fourth-order valence-corrected chi connectivity index (χ4v) is 5.03. The van der Waals surface area contributed by atoms with Crippen LogP contribution < -0.4 is 5.32 Å². The average molecular weight is 384 g/mol. The van der Waals surface area contributed by atoms with Gasteiger partial charge in [0.25, 0.3) is 0 Å². The number of aliphatic hydroxyl groups is 2. The summed E-state index contributed by atoms with van der Waals surface area (Å²) in [5.74, 6) is 1.21. The third kappa shape index (κ3) is 5.79. The van der Waals surface area contributed by atoms with Crippen LogP contribution in [0.3, 0.4) is 0 Å². The van der Waals surface area contributed by atoms with Crippen molar-refractivity contribution in [1.82, 2.24) is 5.32 Å². The lowest BCUT2D eigenvalue weighted by molar-refractivity contribution is 0.140. The van der Waals surface area contributed by atoms with Crippen LogP contribution in [-0.4, -0.2) is 36.0 Å². The third-order valence-corrected chi connectivity index (χ3v) is 6.46. The van der Waals surface area contributed by atoms with E-state index < -0.39 is 6.10 Å². The summed E-state index contributed by atoms with van der Waals surface area (Å²) >= 11 is 0. The van der Waals surface area contributed by atoms with Gasteiger partial charge in [0.05, 0.1) is 12.2 Å². The molecule has 5 atom stereocenters. The van der Waals surface area contributed by atoms with Crippen LogP contribution in [0.2, 0.25) is 0 Å². The van der Waals surface area contributed by atoms with Crippen LogP contribution in [0.1, 0.15) is 49.7 Å². The monoisotopic (exact) mass is 383 g/mol. The van der Waals surface area contributed by atoms with Crippen LogP contribution in [0.15, 0.2) is 48.1 Å². The zero-order valence-electron chi connectivity index (χ0n) is 17.5. The van der Waals surface area contributed by atoms with E-state index in [-0.39, 0.29) is 12.0 Å². The summed E-state index contributed by atoms with van der Waals surface area (Å²) in [7, 11) is 2.01. The summed E-state index contributed by atoms with van der Waals surface area (Å²) in [6, 6.07) is 8.30. The first-order valence-electron chi connectivity index (χ1n) is 11.0. The van der Waals surface area contributed by atoms with Crippen LogP contribution in [0.5, 0.6) is 0 Å². The summed E-state index contributed by atoms with van der Waals surface area (Å²) < 4.78 is 0. The van der Waals surface area contributed by atoms with Crippen molar-refractivity contribution >= 4 is 0 Å². The number of fused-ring (bicyclic) bond motifs is 1. The maximum Gasteiger partial charge on any atom is 0.0761 e. The number of unbranched alkanes of at least 4 members (excludes halogenated alkanes) is 2. The molecule has 154 valence electrons. The van der Waals surface area contributed by atoms with Gasteiger partial charge in [-0.3, -0.25) is 0 Å². The van der Waals surface area contributed by atoms with Gasteiger partial charge in [0.1, 0.15) is 0 Å². The molecule has 1 aromatic rings. The molecule has 0 spiro atoms. The molecule has 0 bridgehead atoms. The molecule has 1 saturated carbocycles. The number of aliphatic hydroxyl groups excluding tert-OH is 2. The van der Waals surface area contributed by atoms with Crippen LogP contribution in [0, 0.1) is 24.7 Å². The predicted octanol–water partition coefficient (Wildman–Crippen LogP) is 4.18. The van der Waals surface area contributed by atoms with Gasteiger partial charge in [0.15, 0.2) is 0 Å². The Labute approximate surface area is 170 Å². The molecule has 28 heavy (non-hydrogen) atoms. The third-order valence-electron chi connectivity index (χ3n) is 6.46. The largest absolute Gasteiger partial charge is 0.392 e. The molecule has 3 rings (SSSR count). The number of nitrogens with one attached hydrogen (secondary N) is 1. The molecule has 2 aliphatic carbocycles. The Morgan fingerprint density at radius 2 is 2.11 bits per heavy atom. The van der Waals surface area contributed by atoms with Crippen LogP contribution in [-0.2, 0) is 6.42 Å². The standard InChI is InChI=1S/C25H37NO2/c1-18-7-6-9-19(13-18)15-22(27)10-11-23-24-16-20(8-4-3-5-12-26-2)14-21(24)17-25(23)28/h6-7,9-11,13-14,21-28H,3-5,8,12,15-17H2,1-2H3/t21-,22-,23+,24-,25+/m0/s1. The van der Waals surface area contributed by atoms with Gasteiger partial charge in [-0.15, -0.1) is 0 Å². The highest BCUT2D eigenvalue weighted by Crippen LogP contribution is 2.48. The van der Waals surface area contributed by atoms with Crippen LogP contribution in [0.4, 0.5) is 0 Å². The Morgan fingerprint density at radius 3 is 2.89 bits per heavy atom. The molecule has 0 radical (unpaired) electrons. The molecule has 3 nitrogen and oxygen atoms in total. The molecule has 0 aromatic heterocycles. The molecular weight excluding hydrogens is 346 g/mol. The first-order chi connectivity index (χ1) is 13.6. The summed E-state index contributed by atoms with van der Waals surface area (Å²) in [4.78, 5) is 0. The lowest BCUT2D eigenvalue weighted by atomic mass is 9.88. The van der Waals surface area contributed by atoms with E-state index in [1.807, 2.05) is 19.2 Å². The minimum atomic E-state index is -0.492. The molecule has 2 aliphatic rings. The van der Waals surface area contributed by atoms with Crippen molar-refractivity contribution in [3.05, 3.63) is 59.2 Å². The summed E-state index contributed by atoms with van der Waals surface area (Å²) in [5, 5.41) is 24.2. The molecular formula is C25H37NO2. The lowest BCUT2D eigenvalue weighted by Crippen LogP contribution is -2.18. The van der Waals surface area contributed by atoms with Gasteiger partial charge >= 0.3 is 0 Å². The van der Waals surface area contributed by atoms with Crippen LogP contribution in [0.25, 0.3) is 0 Å². The SMILES string of the molecule is CNCCCCCC1=C[C@H]2C[C@@H](O)[C@H](C=C[C@H](O)Cc3cccc(C)c3)[C@H]2C1. The van der Waals surface area contributed by atoms with E-state index in [0.717, 1.165) is 24.9 Å². The number of rotatable bonds is 10. The highest BCUT2D eigenvalue weighted by atomic mass is 16.3. The second-order valence-corrected chi connectivity index (χ2v) is 8.80. The number of aryl methyl sites for hydroxylation is 1. The van der Waals surface area contributed by atoms with E-state index in [0.29, 0.717) is 18.3 Å². The fraction of sp³-hybridized carbons (Fsp3) is 0.600. The highest BCUT2D eigenvalue weighted by Gasteiger charge is 2.43. The van der Waals surface area contributed by atoms with E-state index in [1.165, 1.54) is 31.2 Å². The maximum absolute atomic E-state index is 10.5. The number of allylic oxidation sites excluding steroid dienone is 2. The first-order valence-corrected chi connectivity index (χ1v) is 11.0. The molecule has 1 fully saturated rings. The summed E-state index contributed by atoms with van der Waals surface area (Å²) in [5.41, 5.74) is 3.97. The van der Waals surface area contributed by atoms with Gasteiger partial charge < -0.3 is 15.5 Å². The second kappa shape index (κ2) is 10.4. The second-order valence-electron chi connectivity index (χ2n) is 8.80. The minimum Gasteiger partial charge on any atom is -0.392 e. The van der Waals surface area contributed by atoms with Crippen LogP contribution >= 0.6 is 0 Å². The van der Waals surface area contributed by atoms with Crippen molar-refractivity contribution in [2.24, 2.45) is 17.8 Å². The normalized spacial score (nSPS) is 27.9. The molecule has 3 heteroatoms. The lowest BCUT2D eigenvalue weighted by Gasteiger charge is -2.19. The Morgan fingerprint density at radius 1 is 1.25 bits per heavy atom. The number of hydrogen-bond donors (Lipinski definition) is 3. The quantitative estimate of drug-likeness (QED) is 0.420. The average Bonchev–Trinajstić information content (AvgIpc) is 3.16. The first kappa shape index (κ1) is 21.3. The number of hydrogen-bond acceptors (Lipinski definition) is 3. The van der Waals surface area contributed by atoms with E-state index in [4.69, 9.17) is 0 Å². The predicted molar refractivity (Wildman–Crippen MR) is 116 cm³/mol. The van der Waals surface area contributed by atoms with Gasteiger partial charge in [-0.2, -0.15) is 0 Å². The fourth-order valence-electron chi connectivity index (χ4n) is 5.03. The zero-order valence-corrected chi connectivity index (χ0v) is 17.5. The van der Waals surface area contributed by atoms with Gasteiger partial charge in [0.2, 0.25) is 0 Å². The molecule has 0 amide bonds. The van der Waals surface area contributed by atoms with Crippen molar-refractivity contribution in [3.8, 4) is 0 Å². The van der Waals surface area contributed by atoms with Crippen molar-refractivity contribution in [3.63, 3.8) is 0 Å². The molecule has 3 N–H and O–H groups in total. The molecule has 1 aromatic carbocycles. The number of benzene rings is 1. The van der Waals surface area contributed by atoms with E-state index in [2.05, 4.69) is 42.6 Å². The Kier molecular flexibility index (Phi) is 7.90. The van der Waals surface area contributed by atoms with Gasteiger partial charge in [-0.1, -0.05) is 60.1 Å². The van der Waals surface area contributed by atoms with E-state index >= 15 is 0 Å². The van der Waals surface area contributed by atoms with Gasteiger partial charge in [0, 0.05) is 12.3 Å². The van der Waals surface area contributed by atoms with Crippen molar-refractivity contribution in [2.45, 2.75) is 64.1 Å². The Hall–Kier alpha value is -1.42. The van der Waals surface area contributed by atoms with E-state index in [1.54, 1.807) is 5.57 Å². The van der Waals surface area contributed by atoms with Crippen molar-refractivity contribution in [2.75, 3.05) is 13.6 Å². The smallest absolute Gasteiger partial charge is 0.0761 e. The van der Waals surface area contributed by atoms with E-state index in [9.17, 15) is 10.2 Å². The molecule has 0 heterocycles. The van der Waals surface area contributed by atoms with Gasteiger partial charge in [-0.25, -0.2) is 0 Å². The topological polar surface area (TPSA) is 52.5 Å². The zero-order chi connectivity index (χ0) is 19.9. The summed E-state index contributed by atoms with van der Waals surface area (Å²) in [6.45, 7) is 3.18. The van der Waals surface area contributed by atoms with Crippen molar-refractivity contribution in [1.29, 1.82) is 0 Å². The molecule has 0 saturated heterocycles. The highest BCUT2D eigenvalue weighted by molar-refractivity contribution is 5.24. The van der Waals surface area contributed by atoms with Gasteiger partial charge in [-0.05, 0) is 70.0 Å². The maximum atomic E-state index is 10.5. The molecule has 0 unspecified atom stereocenters. The minimum absolute atomic E-state index is 0.176. The Bertz CT molecular complexity index is 681. The molecule has 0 aliphatic heterocycles. The Balaban J connectivity index is 1.49.